The van der Waals surface area contributed by atoms with Gasteiger partial charge in [-0.2, -0.15) is 0 Å². The first-order valence-electron chi connectivity index (χ1n) is 4.37. The molecule has 0 saturated carbocycles. The Kier molecular flexibility index (Phi) is 5.40. The van der Waals surface area contributed by atoms with Crippen LogP contribution in [0, 0.1) is 0 Å². The van der Waals surface area contributed by atoms with Crippen LogP contribution in [0.15, 0.2) is 29.4 Å². The van der Waals surface area contributed by atoms with Crippen molar-refractivity contribution in [1.29, 1.82) is 0 Å². The Labute approximate surface area is 83.9 Å². The Morgan fingerprint density at radius 3 is 2.31 bits per heavy atom. The van der Waals surface area contributed by atoms with Crippen LogP contribution in [0.4, 0.5) is 0 Å². The van der Waals surface area contributed by atoms with Gasteiger partial charge in [0.05, 0.1) is 26.3 Å². The second kappa shape index (κ2) is 6.77. The number of aromatic nitrogens is 1. The van der Waals surface area contributed by atoms with Gasteiger partial charge in [0, 0.05) is 6.20 Å². The Morgan fingerprint density at radius 1 is 1.31 bits per heavy atom. The van der Waals surface area contributed by atoms with Crippen molar-refractivity contribution in [2.24, 2.45) is 0 Å². The molecule has 1 fully saturated rings. The van der Waals surface area contributed by atoms with E-state index >= 15 is 0 Å². The van der Waals surface area contributed by atoms with Crippen molar-refractivity contribution < 1.29 is 10.1 Å². The molecule has 0 radical (unpaired) electrons. The molecule has 1 aliphatic heterocycles. The number of quaternary nitrogens is 1. The lowest BCUT2D eigenvalue weighted by Crippen LogP contribution is -2.87. The van der Waals surface area contributed by atoms with Crippen molar-refractivity contribution in [2.75, 3.05) is 26.3 Å². The van der Waals surface area contributed by atoms with Crippen LogP contribution < -0.4 is 5.32 Å². The van der Waals surface area contributed by atoms with Gasteiger partial charge < -0.3 is 22.7 Å². The smallest absolute Gasteiger partial charge is 0.0993 e. The largest absolute Gasteiger partial charge is 0.760 e. The highest BCUT2D eigenvalue weighted by molar-refractivity contribution is 7.58. The van der Waals surface area contributed by atoms with Gasteiger partial charge in [0.1, 0.15) is 0 Å². The molecule has 0 bridgehead atoms. The summed E-state index contributed by atoms with van der Waals surface area (Å²) < 4.78 is 5.04. The lowest BCUT2D eigenvalue weighted by molar-refractivity contribution is -0.670. The summed E-state index contributed by atoms with van der Waals surface area (Å²) in [5, 5.41) is 2.92. The van der Waals surface area contributed by atoms with E-state index < -0.39 is 0 Å². The predicted molar refractivity (Wildman–Crippen MR) is 52.3 cm³/mol. The standard InChI is InChI=1S/C5H5NS.C4H9NO/c7-5-3-1-2-4-6-5;1-3-6-4-2-5-1/h1-4H,(H,6,7);5H,1-4H2. The first-order valence-corrected chi connectivity index (χ1v) is 4.78. The molecule has 0 aromatic carbocycles. The normalized spacial score (nSPS) is 15.7. The number of nitrogens with two attached hydrogens (primary N) is 1. The Morgan fingerprint density at radius 2 is 2.08 bits per heavy atom. The highest BCUT2D eigenvalue weighted by Gasteiger charge is 1.96. The molecular formula is C9H14N2OS. The average Bonchev–Trinajstić information content (AvgIpc) is 2.22. The molecule has 1 aliphatic rings. The highest BCUT2D eigenvalue weighted by Crippen LogP contribution is 1.86. The minimum absolute atomic E-state index is 0.655. The number of rotatable bonds is 0. The third-order valence-electron chi connectivity index (χ3n) is 1.57. The van der Waals surface area contributed by atoms with Crippen molar-refractivity contribution in [3.05, 3.63) is 24.4 Å². The zero-order valence-electron chi connectivity index (χ0n) is 7.48. The van der Waals surface area contributed by atoms with Gasteiger partial charge in [-0.15, -0.1) is 0 Å². The minimum Gasteiger partial charge on any atom is -0.760 e. The van der Waals surface area contributed by atoms with E-state index in [0.717, 1.165) is 26.3 Å². The maximum atomic E-state index is 5.04. The second-order valence-electron chi connectivity index (χ2n) is 2.65. The first kappa shape index (κ1) is 10.4. The fourth-order valence-electron chi connectivity index (χ4n) is 0.927. The van der Waals surface area contributed by atoms with E-state index in [-0.39, 0.29) is 0 Å². The molecule has 0 atom stereocenters. The van der Waals surface area contributed by atoms with Gasteiger partial charge in [-0.05, 0) is 6.07 Å². The zero-order valence-corrected chi connectivity index (χ0v) is 8.30. The molecule has 4 heteroatoms. The first-order chi connectivity index (χ1) is 6.39. The fraction of sp³-hybridized carbons (Fsp3) is 0.444. The molecule has 1 aromatic heterocycles. The van der Waals surface area contributed by atoms with Gasteiger partial charge >= 0.3 is 0 Å². The molecule has 3 nitrogen and oxygen atoms in total. The summed E-state index contributed by atoms with van der Waals surface area (Å²) in [4.78, 5) is 3.79. The summed E-state index contributed by atoms with van der Waals surface area (Å²) in [6.07, 6.45) is 1.68. The monoisotopic (exact) mass is 198 g/mol. The van der Waals surface area contributed by atoms with Crippen molar-refractivity contribution in [2.45, 2.75) is 5.03 Å². The van der Waals surface area contributed by atoms with E-state index in [0.29, 0.717) is 5.03 Å². The molecule has 0 aliphatic carbocycles. The third-order valence-corrected chi connectivity index (χ3v) is 1.81. The van der Waals surface area contributed by atoms with E-state index in [9.17, 15) is 0 Å². The van der Waals surface area contributed by atoms with Gasteiger partial charge in [-0.3, -0.25) is 4.98 Å². The third kappa shape index (κ3) is 5.52. The SMILES string of the molecule is C1COCC[NH2+]1.[S-]c1ccccn1. The van der Waals surface area contributed by atoms with E-state index in [1.165, 1.54) is 0 Å². The predicted octanol–water partition coefficient (Wildman–Crippen LogP) is -0.433. The molecule has 0 unspecified atom stereocenters. The van der Waals surface area contributed by atoms with Gasteiger partial charge in [-0.1, -0.05) is 17.2 Å². The van der Waals surface area contributed by atoms with Crippen LogP contribution in [0.3, 0.4) is 0 Å². The Hall–Kier alpha value is -0.710. The van der Waals surface area contributed by atoms with E-state index in [1.54, 1.807) is 12.3 Å². The van der Waals surface area contributed by atoms with Crippen molar-refractivity contribution in [3.63, 3.8) is 0 Å². The van der Waals surface area contributed by atoms with Gasteiger partial charge in [0.2, 0.25) is 0 Å². The summed E-state index contributed by atoms with van der Waals surface area (Å²) in [5.74, 6) is 0. The fourth-order valence-corrected chi connectivity index (χ4v) is 1.07. The maximum Gasteiger partial charge on any atom is 0.0993 e. The van der Waals surface area contributed by atoms with Crippen LogP contribution in [-0.4, -0.2) is 31.3 Å². The summed E-state index contributed by atoms with van der Waals surface area (Å²) >= 11 is 4.70. The molecule has 1 aromatic rings. The number of morpholine rings is 1. The quantitative estimate of drug-likeness (QED) is 0.575. The minimum atomic E-state index is 0.655. The van der Waals surface area contributed by atoms with Crippen LogP contribution in [0.2, 0.25) is 0 Å². The molecule has 2 N–H and O–H groups in total. The lowest BCUT2D eigenvalue weighted by Gasteiger charge is -2.07. The van der Waals surface area contributed by atoms with Gasteiger partial charge in [0.15, 0.2) is 0 Å². The van der Waals surface area contributed by atoms with Gasteiger partial charge in [0.25, 0.3) is 0 Å². The van der Waals surface area contributed by atoms with Crippen LogP contribution in [0.1, 0.15) is 0 Å². The van der Waals surface area contributed by atoms with Crippen molar-refractivity contribution >= 4 is 12.6 Å². The summed E-state index contributed by atoms with van der Waals surface area (Å²) in [6.45, 7) is 4.19. The molecule has 0 spiro atoms. The zero-order chi connectivity index (χ0) is 9.36. The Balaban J connectivity index is 0.000000132. The van der Waals surface area contributed by atoms with E-state index in [4.69, 9.17) is 17.4 Å². The molecule has 0 amide bonds. The topological polar surface area (TPSA) is 38.7 Å². The summed E-state index contributed by atoms with van der Waals surface area (Å²) in [6, 6.07) is 5.50. The highest BCUT2D eigenvalue weighted by atomic mass is 32.1. The maximum absolute atomic E-state index is 5.04. The van der Waals surface area contributed by atoms with E-state index in [2.05, 4.69) is 10.3 Å². The van der Waals surface area contributed by atoms with E-state index in [1.807, 2.05) is 12.1 Å². The lowest BCUT2D eigenvalue weighted by atomic mass is 10.5. The number of hydrogen-bond donors (Lipinski definition) is 1. The number of pyridine rings is 1. The summed E-state index contributed by atoms with van der Waals surface area (Å²) in [7, 11) is 0. The van der Waals surface area contributed by atoms with Gasteiger partial charge in [-0.25, -0.2) is 0 Å². The Bertz CT molecular complexity index is 203. The molecule has 1 saturated heterocycles. The second-order valence-corrected chi connectivity index (χ2v) is 3.06. The molecule has 2 heterocycles. The number of hydrogen-bond acceptors (Lipinski definition) is 3. The number of nitrogens with zero attached hydrogens (tertiary/aromatic N) is 1. The summed E-state index contributed by atoms with van der Waals surface area (Å²) in [5.41, 5.74) is 0. The molecule has 2 rings (SSSR count). The molecular weight excluding hydrogens is 184 g/mol. The molecule has 72 valence electrons. The van der Waals surface area contributed by atoms with Crippen molar-refractivity contribution in [1.82, 2.24) is 4.98 Å². The van der Waals surface area contributed by atoms with Crippen LogP contribution in [0.25, 0.3) is 0 Å². The van der Waals surface area contributed by atoms with Crippen LogP contribution >= 0.6 is 0 Å². The van der Waals surface area contributed by atoms with Crippen LogP contribution in [-0.2, 0) is 17.4 Å². The molecule has 13 heavy (non-hydrogen) atoms. The number of ether oxygens (including phenoxy) is 1. The van der Waals surface area contributed by atoms with Crippen molar-refractivity contribution in [3.8, 4) is 0 Å². The van der Waals surface area contributed by atoms with Crippen LogP contribution in [0.5, 0.6) is 0 Å². The average molecular weight is 198 g/mol.